The lowest BCUT2D eigenvalue weighted by Gasteiger charge is -2.28. The second-order valence-corrected chi connectivity index (χ2v) is 9.04. The summed E-state index contributed by atoms with van der Waals surface area (Å²) in [5.41, 5.74) is 2.80. The molecule has 0 aliphatic rings. The predicted molar refractivity (Wildman–Crippen MR) is 112 cm³/mol. The fourth-order valence-electron chi connectivity index (χ4n) is 3.02. The SMILES string of the molecule is COOc1ccc(NC(=O)Cc2cc(C(C)(C)C)c(O)c(C(C)(C)C)c2)cc1. The number of phenols is 1. The van der Waals surface area contributed by atoms with Gasteiger partial charge in [-0.2, -0.15) is 4.89 Å². The molecule has 0 bridgehead atoms. The van der Waals surface area contributed by atoms with Crippen LogP contribution in [0.25, 0.3) is 0 Å². The Kier molecular flexibility index (Phi) is 6.40. The Bertz CT molecular complexity index is 792. The Hall–Kier alpha value is -2.53. The summed E-state index contributed by atoms with van der Waals surface area (Å²) in [6.45, 7) is 12.3. The molecular weight excluding hydrogens is 354 g/mol. The molecule has 0 unspecified atom stereocenters. The molecule has 2 aromatic rings. The van der Waals surface area contributed by atoms with E-state index in [0.29, 0.717) is 17.2 Å². The second kappa shape index (κ2) is 8.23. The van der Waals surface area contributed by atoms with Gasteiger partial charge in [0.25, 0.3) is 0 Å². The quantitative estimate of drug-likeness (QED) is 0.554. The number of anilines is 1. The zero-order chi connectivity index (χ0) is 21.1. The molecule has 0 fully saturated rings. The molecule has 0 heterocycles. The van der Waals surface area contributed by atoms with Crippen LogP contribution in [0.5, 0.6) is 11.5 Å². The van der Waals surface area contributed by atoms with E-state index >= 15 is 0 Å². The number of hydrogen-bond donors (Lipinski definition) is 2. The average molecular weight is 386 g/mol. The van der Waals surface area contributed by atoms with Crippen LogP contribution in [0.4, 0.5) is 5.69 Å². The van der Waals surface area contributed by atoms with Crippen molar-refractivity contribution in [1.29, 1.82) is 0 Å². The first-order chi connectivity index (χ1) is 12.9. The van der Waals surface area contributed by atoms with Crippen molar-refractivity contribution < 1.29 is 19.7 Å². The normalized spacial score (nSPS) is 12.0. The van der Waals surface area contributed by atoms with Gasteiger partial charge in [0.15, 0.2) is 5.75 Å². The number of hydrogen-bond acceptors (Lipinski definition) is 4. The zero-order valence-electron chi connectivity index (χ0n) is 17.8. The lowest BCUT2D eigenvalue weighted by molar-refractivity contribution is -0.178. The van der Waals surface area contributed by atoms with E-state index in [1.165, 1.54) is 7.11 Å². The highest BCUT2D eigenvalue weighted by Gasteiger charge is 2.26. The summed E-state index contributed by atoms with van der Waals surface area (Å²) in [5.74, 6) is 0.757. The molecule has 0 saturated carbocycles. The molecular formula is C23H31NO4. The minimum absolute atomic E-state index is 0.120. The Morgan fingerprint density at radius 3 is 1.89 bits per heavy atom. The highest BCUT2D eigenvalue weighted by molar-refractivity contribution is 5.92. The zero-order valence-corrected chi connectivity index (χ0v) is 17.8. The van der Waals surface area contributed by atoms with Gasteiger partial charge in [0, 0.05) is 5.69 Å². The lowest BCUT2D eigenvalue weighted by atomic mass is 9.78. The van der Waals surface area contributed by atoms with Crippen LogP contribution in [-0.2, 0) is 26.9 Å². The van der Waals surface area contributed by atoms with Crippen LogP contribution in [0.2, 0.25) is 0 Å². The number of nitrogens with one attached hydrogen (secondary N) is 1. The molecule has 0 radical (unpaired) electrons. The molecule has 0 aliphatic heterocycles. The van der Waals surface area contributed by atoms with Crippen LogP contribution >= 0.6 is 0 Å². The van der Waals surface area contributed by atoms with Crippen LogP contribution in [-0.4, -0.2) is 18.1 Å². The molecule has 0 atom stereocenters. The third-order valence-corrected chi connectivity index (χ3v) is 4.47. The first-order valence-corrected chi connectivity index (χ1v) is 9.39. The smallest absolute Gasteiger partial charge is 0.228 e. The van der Waals surface area contributed by atoms with Gasteiger partial charge in [-0.05, 0) is 51.8 Å². The number of carbonyl (C=O) groups excluding carboxylic acids is 1. The maximum absolute atomic E-state index is 12.6. The van der Waals surface area contributed by atoms with E-state index in [2.05, 4.69) is 51.7 Å². The highest BCUT2D eigenvalue weighted by Crippen LogP contribution is 2.39. The largest absolute Gasteiger partial charge is 0.507 e. The topological polar surface area (TPSA) is 67.8 Å². The van der Waals surface area contributed by atoms with Gasteiger partial charge in [0.1, 0.15) is 5.75 Å². The van der Waals surface area contributed by atoms with Crippen LogP contribution < -0.4 is 10.2 Å². The molecule has 2 N–H and O–H groups in total. The second-order valence-electron chi connectivity index (χ2n) is 9.04. The first-order valence-electron chi connectivity index (χ1n) is 9.39. The van der Waals surface area contributed by atoms with Crippen molar-refractivity contribution in [3.05, 3.63) is 53.1 Å². The number of benzene rings is 2. The Morgan fingerprint density at radius 1 is 0.964 bits per heavy atom. The third-order valence-electron chi connectivity index (χ3n) is 4.47. The van der Waals surface area contributed by atoms with E-state index in [9.17, 15) is 9.90 Å². The third kappa shape index (κ3) is 5.49. The molecule has 28 heavy (non-hydrogen) atoms. The number of carbonyl (C=O) groups is 1. The molecule has 0 aromatic heterocycles. The maximum atomic E-state index is 12.6. The van der Waals surface area contributed by atoms with E-state index in [4.69, 9.17) is 4.89 Å². The minimum atomic E-state index is -0.228. The fraction of sp³-hybridized carbons (Fsp3) is 0.435. The Labute approximate surface area is 167 Å². The van der Waals surface area contributed by atoms with Crippen molar-refractivity contribution in [2.24, 2.45) is 0 Å². The minimum Gasteiger partial charge on any atom is -0.507 e. The molecule has 5 heteroatoms. The van der Waals surface area contributed by atoms with Gasteiger partial charge in [-0.25, -0.2) is 0 Å². The number of phenolic OH excluding ortho intramolecular Hbond substituents is 1. The monoisotopic (exact) mass is 385 g/mol. The average Bonchev–Trinajstić information content (AvgIpc) is 2.56. The van der Waals surface area contributed by atoms with Crippen molar-refractivity contribution >= 4 is 11.6 Å². The van der Waals surface area contributed by atoms with Gasteiger partial charge < -0.3 is 15.3 Å². The van der Waals surface area contributed by atoms with Crippen LogP contribution in [0.1, 0.15) is 58.2 Å². The first kappa shape index (κ1) is 21.8. The van der Waals surface area contributed by atoms with Crippen LogP contribution in [0.3, 0.4) is 0 Å². The summed E-state index contributed by atoms with van der Waals surface area (Å²) >= 11 is 0. The van der Waals surface area contributed by atoms with E-state index in [1.807, 2.05) is 12.1 Å². The fourth-order valence-corrected chi connectivity index (χ4v) is 3.02. The number of aromatic hydroxyl groups is 1. The van der Waals surface area contributed by atoms with Gasteiger partial charge in [-0.15, -0.1) is 0 Å². The number of rotatable bonds is 5. The summed E-state index contributed by atoms with van der Waals surface area (Å²) in [6.07, 6.45) is 0.225. The van der Waals surface area contributed by atoms with Crippen molar-refractivity contribution in [3.8, 4) is 11.5 Å². The molecule has 0 spiro atoms. The Balaban J connectivity index is 2.26. The van der Waals surface area contributed by atoms with Crippen molar-refractivity contribution in [1.82, 2.24) is 0 Å². The van der Waals surface area contributed by atoms with Crippen LogP contribution in [0, 0.1) is 0 Å². The van der Waals surface area contributed by atoms with Gasteiger partial charge in [-0.3, -0.25) is 4.79 Å². The van der Waals surface area contributed by atoms with E-state index in [0.717, 1.165) is 16.7 Å². The molecule has 2 rings (SSSR count). The molecule has 0 aliphatic carbocycles. The van der Waals surface area contributed by atoms with E-state index in [-0.39, 0.29) is 23.2 Å². The summed E-state index contributed by atoms with van der Waals surface area (Å²) in [6, 6.07) is 10.8. The van der Waals surface area contributed by atoms with E-state index < -0.39 is 0 Å². The lowest BCUT2D eigenvalue weighted by Crippen LogP contribution is -2.20. The summed E-state index contributed by atoms with van der Waals surface area (Å²) in [5, 5.41) is 13.7. The summed E-state index contributed by atoms with van der Waals surface area (Å²) in [7, 11) is 1.44. The summed E-state index contributed by atoms with van der Waals surface area (Å²) in [4.78, 5) is 22.1. The molecule has 2 aromatic carbocycles. The Morgan fingerprint density at radius 2 is 1.46 bits per heavy atom. The molecule has 152 valence electrons. The molecule has 5 nitrogen and oxygen atoms in total. The van der Waals surface area contributed by atoms with Gasteiger partial charge in [-0.1, -0.05) is 53.7 Å². The van der Waals surface area contributed by atoms with Crippen molar-refractivity contribution in [3.63, 3.8) is 0 Å². The maximum Gasteiger partial charge on any atom is 0.228 e. The predicted octanol–water partition coefficient (Wildman–Crippen LogP) is 5.11. The van der Waals surface area contributed by atoms with Gasteiger partial charge in [0.05, 0.1) is 13.5 Å². The summed E-state index contributed by atoms with van der Waals surface area (Å²) < 4.78 is 0. The number of amides is 1. The molecule has 0 saturated heterocycles. The van der Waals surface area contributed by atoms with Crippen molar-refractivity contribution in [2.45, 2.75) is 58.8 Å². The molecule has 1 amide bonds. The highest BCUT2D eigenvalue weighted by atomic mass is 17.2. The van der Waals surface area contributed by atoms with Crippen LogP contribution in [0.15, 0.2) is 36.4 Å². The van der Waals surface area contributed by atoms with E-state index in [1.54, 1.807) is 24.3 Å². The van der Waals surface area contributed by atoms with Gasteiger partial charge in [0.2, 0.25) is 5.91 Å². The standard InChI is InChI=1S/C23H31NO4/c1-22(2,3)18-12-15(13-19(21(18)26)23(4,5)6)14-20(25)24-16-8-10-17(11-9-16)28-27-7/h8-13,26H,14H2,1-7H3,(H,24,25). The van der Waals surface area contributed by atoms with Crippen molar-refractivity contribution in [2.75, 3.05) is 12.4 Å². The van der Waals surface area contributed by atoms with Gasteiger partial charge >= 0.3 is 0 Å².